The minimum Gasteiger partial charge on any atom is -0.464 e. The summed E-state index contributed by atoms with van der Waals surface area (Å²) >= 11 is 0. The number of nitrogens with zero attached hydrogens (tertiary/aromatic N) is 1. The Bertz CT molecular complexity index is 1060. The lowest BCUT2D eigenvalue weighted by atomic mass is 9.80. The van der Waals surface area contributed by atoms with E-state index in [9.17, 15) is 14.4 Å². The van der Waals surface area contributed by atoms with Gasteiger partial charge < -0.3 is 15.4 Å². The molecule has 2 aromatic carbocycles. The van der Waals surface area contributed by atoms with Gasteiger partial charge in [0.2, 0.25) is 5.91 Å². The van der Waals surface area contributed by atoms with E-state index < -0.39 is 23.5 Å². The van der Waals surface area contributed by atoms with Crippen LogP contribution in [0.1, 0.15) is 75.7 Å². The number of hydrogen-bond acceptors (Lipinski definition) is 4. The third kappa shape index (κ3) is 9.05. The molecule has 0 saturated heterocycles. The second-order valence-corrected chi connectivity index (χ2v) is 9.72. The predicted octanol–water partition coefficient (Wildman–Crippen LogP) is 5.62. The van der Waals surface area contributed by atoms with Gasteiger partial charge in [-0.1, -0.05) is 87.2 Å². The zero-order chi connectivity index (χ0) is 27.3. The first-order valence-corrected chi connectivity index (χ1v) is 13.0. The zero-order valence-corrected chi connectivity index (χ0v) is 22.4. The van der Waals surface area contributed by atoms with E-state index in [1.165, 1.54) is 0 Å². The average Bonchev–Trinajstić information content (AvgIpc) is 2.90. The second-order valence-electron chi connectivity index (χ2n) is 9.72. The molecule has 37 heavy (non-hydrogen) atoms. The van der Waals surface area contributed by atoms with E-state index in [1.807, 2.05) is 30.3 Å². The summed E-state index contributed by atoms with van der Waals surface area (Å²) in [6.07, 6.45) is 4.94. The smallest absolute Gasteiger partial charge is 0.328 e. The molecule has 2 rings (SSSR count). The monoisotopic (exact) mass is 505 g/mol. The number of unbranched alkanes of at least 4 members (excludes halogenated alkanes) is 3. The van der Waals surface area contributed by atoms with E-state index in [-0.39, 0.29) is 18.4 Å². The molecule has 2 N–H and O–H groups in total. The molecule has 2 aromatic rings. The molecule has 2 atom stereocenters. The van der Waals surface area contributed by atoms with E-state index in [0.717, 1.165) is 31.2 Å². The SMILES string of the molecule is [C-]#[N+]c1ccc(C(=O)NC(CCCCCC)C(C)(C)C(=O)N[C@@H](Cc2ccccc2)C(=O)OCC)cc1. The number of carbonyl (C=O) groups is 3. The van der Waals surface area contributed by atoms with Crippen LogP contribution in [0, 0.1) is 12.0 Å². The van der Waals surface area contributed by atoms with Gasteiger partial charge in [0.05, 0.1) is 18.6 Å². The van der Waals surface area contributed by atoms with Crippen LogP contribution in [0.3, 0.4) is 0 Å². The molecule has 0 bridgehead atoms. The summed E-state index contributed by atoms with van der Waals surface area (Å²) in [5, 5.41) is 5.96. The second kappa shape index (κ2) is 14.8. The molecule has 0 saturated carbocycles. The van der Waals surface area contributed by atoms with Crippen molar-refractivity contribution >= 4 is 23.5 Å². The number of ether oxygens (including phenoxy) is 1. The van der Waals surface area contributed by atoms with Gasteiger partial charge in [-0.05, 0) is 32.8 Å². The molecule has 0 aliphatic rings. The van der Waals surface area contributed by atoms with Crippen LogP contribution in [0.15, 0.2) is 54.6 Å². The first-order chi connectivity index (χ1) is 17.7. The summed E-state index contributed by atoms with van der Waals surface area (Å²) in [7, 11) is 0. The van der Waals surface area contributed by atoms with Gasteiger partial charge in [0, 0.05) is 18.0 Å². The van der Waals surface area contributed by atoms with Crippen molar-refractivity contribution in [1.82, 2.24) is 10.6 Å². The first-order valence-electron chi connectivity index (χ1n) is 13.0. The summed E-state index contributed by atoms with van der Waals surface area (Å²) in [5.74, 6) is -1.12. The number of carbonyl (C=O) groups excluding carboxylic acids is 3. The average molecular weight is 506 g/mol. The van der Waals surface area contributed by atoms with E-state index in [2.05, 4.69) is 22.4 Å². The standard InChI is InChI=1S/C30H39N3O4/c1-6-8-9-13-16-26(33-27(34)23-17-19-24(31-5)20-18-23)30(3,4)29(36)32-25(28(35)37-7-2)21-22-14-11-10-12-15-22/h10-12,14-15,17-20,25-26H,6-9,13,16,21H2,1-4H3,(H,32,36)(H,33,34)/t25-,26?/m0/s1. The maximum atomic E-state index is 13.6. The van der Waals surface area contributed by atoms with Crippen molar-refractivity contribution in [2.75, 3.05) is 6.61 Å². The predicted molar refractivity (Wildman–Crippen MR) is 145 cm³/mol. The van der Waals surface area contributed by atoms with Crippen LogP contribution >= 0.6 is 0 Å². The number of nitrogens with one attached hydrogen (secondary N) is 2. The highest BCUT2D eigenvalue weighted by Gasteiger charge is 2.39. The fourth-order valence-corrected chi connectivity index (χ4v) is 4.11. The third-order valence-electron chi connectivity index (χ3n) is 6.53. The van der Waals surface area contributed by atoms with Gasteiger partial charge in [-0.3, -0.25) is 9.59 Å². The molecule has 7 nitrogen and oxygen atoms in total. The number of amides is 2. The van der Waals surface area contributed by atoms with E-state index in [1.54, 1.807) is 45.0 Å². The van der Waals surface area contributed by atoms with Gasteiger partial charge in [0.1, 0.15) is 6.04 Å². The van der Waals surface area contributed by atoms with E-state index in [4.69, 9.17) is 11.3 Å². The van der Waals surface area contributed by atoms with Gasteiger partial charge in [-0.2, -0.15) is 0 Å². The Hall–Kier alpha value is -3.66. The Morgan fingerprint density at radius 2 is 1.62 bits per heavy atom. The van der Waals surface area contributed by atoms with Gasteiger partial charge in [0.25, 0.3) is 5.91 Å². The molecule has 0 heterocycles. The van der Waals surface area contributed by atoms with Crippen LogP contribution in [0.2, 0.25) is 0 Å². The van der Waals surface area contributed by atoms with Crippen molar-refractivity contribution in [3.63, 3.8) is 0 Å². The van der Waals surface area contributed by atoms with Crippen LogP contribution in [-0.4, -0.2) is 36.5 Å². The molecule has 1 unspecified atom stereocenters. The topological polar surface area (TPSA) is 88.9 Å². The molecule has 0 aliphatic heterocycles. The van der Waals surface area contributed by atoms with Crippen LogP contribution in [0.5, 0.6) is 0 Å². The fourth-order valence-electron chi connectivity index (χ4n) is 4.11. The highest BCUT2D eigenvalue weighted by atomic mass is 16.5. The lowest BCUT2D eigenvalue weighted by Crippen LogP contribution is -2.56. The molecular weight excluding hydrogens is 466 g/mol. The normalized spacial score (nSPS) is 12.6. The first kappa shape index (κ1) is 29.6. The Morgan fingerprint density at radius 1 is 0.946 bits per heavy atom. The number of esters is 1. The van der Waals surface area contributed by atoms with Crippen LogP contribution in [-0.2, 0) is 20.7 Å². The highest BCUT2D eigenvalue weighted by Crippen LogP contribution is 2.27. The minimum absolute atomic E-state index is 0.214. The lowest BCUT2D eigenvalue weighted by molar-refractivity contribution is -0.148. The van der Waals surface area contributed by atoms with Crippen LogP contribution in [0.25, 0.3) is 4.85 Å². The van der Waals surface area contributed by atoms with Gasteiger partial charge in [-0.25, -0.2) is 9.64 Å². The summed E-state index contributed by atoms with van der Waals surface area (Å²) in [6, 6.07) is 14.6. The quantitative estimate of drug-likeness (QED) is 0.198. The van der Waals surface area contributed by atoms with Crippen molar-refractivity contribution < 1.29 is 19.1 Å². The van der Waals surface area contributed by atoms with Crippen molar-refractivity contribution in [3.05, 3.63) is 77.1 Å². The van der Waals surface area contributed by atoms with Gasteiger partial charge in [-0.15, -0.1) is 0 Å². The molecule has 0 fully saturated rings. The van der Waals surface area contributed by atoms with Crippen molar-refractivity contribution in [3.8, 4) is 0 Å². The van der Waals surface area contributed by atoms with Crippen molar-refractivity contribution in [1.29, 1.82) is 0 Å². The van der Waals surface area contributed by atoms with Crippen molar-refractivity contribution in [2.24, 2.45) is 5.41 Å². The number of hydrogen-bond donors (Lipinski definition) is 2. The molecule has 0 aliphatic carbocycles. The van der Waals surface area contributed by atoms with E-state index >= 15 is 0 Å². The summed E-state index contributed by atoms with van der Waals surface area (Å²) < 4.78 is 5.24. The Morgan fingerprint density at radius 3 is 2.22 bits per heavy atom. The largest absolute Gasteiger partial charge is 0.464 e. The van der Waals surface area contributed by atoms with Gasteiger partial charge >= 0.3 is 5.97 Å². The molecule has 198 valence electrons. The lowest BCUT2D eigenvalue weighted by Gasteiger charge is -2.35. The Balaban J connectivity index is 2.23. The van der Waals surface area contributed by atoms with Gasteiger partial charge in [0.15, 0.2) is 5.69 Å². The zero-order valence-electron chi connectivity index (χ0n) is 22.4. The fraction of sp³-hybridized carbons (Fsp3) is 0.467. The minimum atomic E-state index is -1.00. The highest BCUT2D eigenvalue weighted by molar-refractivity contribution is 5.95. The maximum absolute atomic E-state index is 13.6. The summed E-state index contributed by atoms with van der Waals surface area (Å²) in [6.45, 7) is 14.8. The van der Waals surface area contributed by atoms with E-state index in [0.29, 0.717) is 24.1 Å². The Kier molecular flexibility index (Phi) is 11.8. The van der Waals surface area contributed by atoms with Crippen LogP contribution < -0.4 is 10.6 Å². The Labute approximate surface area is 220 Å². The molecule has 2 amide bonds. The third-order valence-corrected chi connectivity index (χ3v) is 6.53. The van der Waals surface area contributed by atoms with Crippen LogP contribution in [0.4, 0.5) is 5.69 Å². The number of rotatable bonds is 14. The molecular formula is C30H39N3O4. The number of benzene rings is 2. The van der Waals surface area contributed by atoms with Crippen molar-refractivity contribution in [2.45, 2.75) is 78.3 Å². The molecule has 0 spiro atoms. The summed E-state index contributed by atoms with van der Waals surface area (Å²) in [5.41, 5.74) is 0.789. The maximum Gasteiger partial charge on any atom is 0.328 e. The summed E-state index contributed by atoms with van der Waals surface area (Å²) in [4.78, 5) is 42.8. The molecule has 0 radical (unpaired) electrons. The molecule has 0 aromatic heterocycles. The molecule has 7 heteroatoms.